The second kappa shape index (κ2) is 7.15. The summed E-state index contributed by atoms with van der Waals surface area (Å²) in [6, 6.07) is 8.18. The molecule has 1 aliphatic rings. The van der Waals surface area contributed by atoms with E-state index in [-0.39, 0.29) is 12.1 Å². The molecule has 0 aliphatic carbocycles. The van der Waals surface area contributed by atoms with Gasteiger partial charge in [-0.25, -0.2) is 4.79 Å². The van der Waals surface area contributed by atoms with Crippen LogP contribution in [-0.4, -0.2) is 29.7 Å². The first-order valence-corrected chi connectivity index (χ1v) is 9.17. The van der Waals surface area contributed by atoms with Gasteiger partial charge in [0.25, 0.3) is 0 Å². The molecule has 6 heteroatoms. The molecule has 5 nitrogen and oxygen atoms in total. The van der Waals surface area contributed by atoms with Crippen LogP contribution in [0.4, 0.5) is 4.79 Å². The van der Waals surface area contributed by atoms with Crippen molar-refractivity contribution in [3.05, 3.63) is 47.4 Å². The fourth-order valence-electron chi connectivity index (χ4n) is 2.88. The molecule has 0 fully saturated rings. The standard InChI is InChI=1S/C19H24N2O3S/c1-5-10-23-20-15-12-21(18(22)24-19(2,3)4)11-14-13-8-6-7-9-16(13)25-17(14)15/h5-9,15,20H,1,10-12H2,2-4H3. The molecule has 1 atom stereocenters. The number of benzene rings is 1. The Balaban J connectivity index is 1.91. The van der Waals surface area contributed by atoms with Crippen LogP contribution in [0.2, 0.25) is 0 Å². The maximum Gasteiger partial charge on any atom is 0.410 e. The highest BCUT2D eigenvalue weighted by atomic mass is 32.1. The van der Waals surface area contributed by atoms with Gasteiger partial charge in [-0.1, -0.05) is 24.3 Å². The molecule has 1 N–H and O–H groups in total. The predicted octanol–water partition coefficient (Wildman–Crippen LogP) is 4.40. The third-order valence-corrected chi connectivity index (χ3v) is 5.20. The fraction of sp³-hybridized carbons (Fsp3) is 0.421. The van der Waals surface area contributed by atoms with E-state index in [1.54, 1.807) is 22.3 Å². The van der Waals surface area contributed by atoms with Crippen molar-refractivity contribution in [1.29, 1.82) is 0 Å². The molecule has 0 saturated heterocycles. The van der Waals surface area contributed by atoms with Crippen LogP contribution >= 0.6 is 11.3 Å². The Bertz CT molecular complexity index is 779. The number of fused-ring (bicyclic) bond motifs is 3. The minimum Gasteiger partial charge on any atom is -0.444 e. The Morgan fingerprint density at radius 1 is 1.44 bits per heavy atom. The van der Waals surface area contributed by atoms with Crippen molar-refractivity contribution in [3.63, 3.8) is 0 Å². The van der Waals surface area contributed by atoms with Gasteiger partial charge in [-0.3, -0.25) is 4.84 Å². The van der Waals surface area contributed by atoms with Gasteiger partial charge >= 0.3 is 6.09 Å². The zero-order valence-electron chi connectivity index (χ0n) is 14.9. The van der Waals surface area contributed by atoms with E-state index in [1.807, 2.05) is 32.9 Å². The molecule has 1 aromatic heterocycles. The van der Waals surface area contributed by atoms with Crippen LogP contribution in [0.5, 0.6) is 0 Å². The normalized spacial score (nSPS) is 17.4. The lowest BCUT2D eigenvalue weighted by atomic mass is 10.0. The van der Waals surface area contributed by atoms with Crippen molar-refractivity contribution < 1.29 is 14.4 Å². The Morgan fingerprint density at radius 2 is 2.20 bits per heavy atom. The molecule has 134 valence electrons. The summed E-state index contributed by atoms with van der Waals surface area (Å²) in [6.07, 6.45) is 1.39. The largest absolute Gasteiger partial charge is 0.444 e. The molecule has 0 spiro atoms. The van der Waals surface area contributed by atoms with Crippen LogP contribution in [0.1, 0.15) is 37.3 Å². The number of amides is 1. The molecule has 3 rings (SSSR count). The highest BCUT2D eigenvalue weighted by Gasteiger charge is 2.33. The Morgan fingerprint density at radius 3 is 2.92 bits per heavy atom. The van der Waals surface area contributed by atoms with Gasteiger partial charge < -0.3 is 9.64 Å². The number of nitrogens with one attached hydrogen (secondary N) is 1. The number of ether oxygens (including phenoxy) is 1. The fourth-order valence-corrected chi connectivity index (χ4v) is 4.13. The molecule has 0 bridgehead atoms. The number of rotatable bonds is 4. The van der Waals surface area contributed by atoms with Gasteiger partial charge in [-0.15, -0.1) is 17.9 Å². The maximum absolute atomic E-state index is 12.6. The Labute approximate surface area is 152 Å². The Kier molecular flexibility index (Phi) is 5.13. The average molecular weight is 360 g/mol. The number of carbonyl (C=O) groups excluding carboxylic acids is 1. The van der Waals surface area contributed by atoms with Crippen molar-refractivity contribution in [2.45, 2.75) is 39.0 Å². The van der Waals surface area contributed by atoms with E-state index in [9.17, 15) is 4.79 Å². The quantitative estimate of drug-likeness (QED) is 0.499. The van der Waals surface area contributed by atoms with Gasteiger partial charge in [0.2, 0.25) is 0 Å². The van der Waals surface area contributed by atoms with Gasteiger partial charge in [0.15, 0.2) is 0 Å². The van der Waals surface area contributed by atoms with Crippen molar-refractivity contribution in [1.82, 2.24) is 10.4 Å². The summed E-state index contributed by atoms with van der Waals surface area (Å²) in [7, 11) is 0. The average Bonchev–Trinajstić information content (AvgIpc) is 2.92. The molecule has 0 radical (unpaired) electrons. The SMILES string of the molecule is C=CCONC1CN(C(=O)OC(C)(C)C)Cc2c1sc1ccccc21. The third kappa shape index (κ3) is 4.03. The predicted molar refractivity (Wildman–Crippen MR) is 100 cm³/mol. The second-order valence-corrected chi connectivity index (χ2v) is 8.16. The van der Waals surface area contributed by atoms with Crippen molar-refractivity contribution >= 4 is 27.5 Å². The third-order valence-electron chi connectivity index (χ3n) is 3.88. The van der Waals surface area contributed by atoms with Gasteiger partial charge in [0, 0.05) is 16.1 Å². The molecule has 2 heterocycles. The topological polar surface area (TPSA) is 50.8 Å². The van der Waals surface area contributed by atoms with Crippen LogP contribution < -0.4 is 5.48 Å². The second-order valence-electron chi connectivity index (χ2n) is 7.07. The van der Waals surface area contributed by atoms with Crippen LogP contribution in [-0.2, 0) is 16.1 Å². The van der Waals surface area contributed by atoms with Crippen LogP contribution in [0.15, 0.2) is 36.9 Å². The maximum atomic E-state index is 12.6. The van der Waals surface area contributed by atoms with E-state index in [2.05, 4.69) is 24.2 Å². The van der Waals surface area contributed by atoms with Crippen LogP contribution in [0, 0.1) is 0 Å². The molecule has 25 heavy (non-hydrogen) atoms. The molecule has 1 unspecified atom stereocenters. The van der Waals surface area contributed by atoms with Gasteiger partial charge in [-0.05, 0) is 37.8 Å². The van der Waals surface area contributed by atoms with E-state index in [0.717, 1.165) is 5.56 Å². The number of carbonyl (C=O) groups is 1. The zero-order valence-corrected chi connectivity index (χ0v) is 15.7. The minimum absolute atomic E-state index is 0.0892. The zero-order chi connectivity index (χ0) is 18.0. The summed E-state index contributed by atoms with van der Waals surface area (Å²) < 4.78 is 6.78. The van der Waals surface area contributed by atoms with Crippen molar-refractivity contribution in [2.24, 2.45) is 0 Å². The van der Waals surface area contributed by atoms with Gasteiger partial charge in [-0.2, -0.15) is 5.48 Å². The molecule has 1 amide bonds. The number of nitrogens with zero attached hydrogens (tertiary/aromatic N) is 1. The molecular weight excluding hydrogens is 336 g/mol. The van der Waals surface area contributed by atoms with Crippen molar-refractivity contribution in [2.75, 3.05) is 13.2 Å². The summed E-state index contributed by atoms with van der Waals surface area (Å²) in [5, 5.41) is 1.19. The molecule has 0 saturated carbocycles. The highest BCUT2D eigenvalue weighted by Crippen LogP contribution is 2.39. The summed E-state index contributed by atoms with van der Waals surface area (Å²) >= 11 is 1.75. The highest BCUT2D eigenvalue weighted by molar-refractivity contribution is 7.19. The number of thiophene rings is 1. The first-order valence-electron chi connectivity index (χ1n) is 8.35. The minimum atomic E-state index is -0.518. The lowest BCUT2D eigenvalue weighted by Crippen LogP contribution is -2.44. The first-order chi connectivity index (χ1) is 11.9. The molecule has 1 aliphatic heterocycles. The van der Waals surface area contributed by atoms with Gasteiger partial charge in [0.1, 0.15) is 5.60 Å². The van der Waals surface area contributed by atoms with E-state index >= 15 is 0 Å². The summed E-state index contributed by atoms with van der Waals surface area (Å²) in [4.78, 5) is 21.0. The lowest BCUT2D eigenvalue weighted by molar-refractivity contribution is -0.000791. The summed E-state index contributed by atoms with van der Waals surface area (Å²) in [6.45, 7) is 10.8. The Hall–Kier alpha value is -1.89. The van der Waals surface area contributed by atoms with E-state index in [1.165, 1.54) is 15.0 Å². The van der Waals surface area contributed by atoms with Crippen LogP contribution in [0.25, 0.3) is 10.1 Å². The van der Waals surface area contributed by atoms with Crippen molar-refractivity contribution in [3.8, 4) is 0 Å². The molecular formula is C19H24N2O3S. The lowest BCUT2D eigenvalue weighted by Gasteiger charge is -2.34. The molecule has 2 aromatic rings. The first kappa shape index (κ1) is 17.9. The van der Waals surface area contributed by atoms with E-state index in [0.29, 0.717) is 19.7 Å². The monoisotopic (exact) mass is 360 g/mol. The van der Waals surface area contributed by atoms with Gasteiger partial charge in [0.05, 0.1) is 19.2 Å². The molecule has 1 aromatic carbocycles. The van der Waals surface area contributed by atoms with E-state index in [4.69, 9.17) is 9.57 Å². The number of hydrogen-bond donors (Lipinski definition) is 1. The number of hydrogen-bond acceptors (Lipinski definition) is 5. The smallest absolute Gasteiger partial charge is 0.410 e. The van der Waals surface area contributed by atoms with E-state index < -0.39 is 5.60 Å². The summed E-state index contributed by atoms with van der Waals surface area (Å²) in [5.74, 6) is 0. The summed E-state index contributed by atoms with van der Waals surface area (Å²) in [5.41, 5.74) is 3.72. The van der Waals surface area contributed by atoms with Crippen LogP contribution in [0.3, 0.4) is 0 Å². The number of hydroxylamine groups is 1.